The van der Waals surface area contributed by atoms with Crippen molar-refractivity contribution in [3.63, 3.8) is 0 Å². The number of esters is 1. The maximum atomic E-state index is 12.0. The van der Waals surface area contributed by atoms with E-state index in [2.05, 4.69) is 26.0 Å². The summed E-state index contributed by atoms with van der Waals surface area (Å²) in [5.41, 5.74) is 0. The first-order valence-electron chi connectivity index (χ1n) is 26.7. The van der Waals surface area contributed by atoms with E-state index in [0.717, 1.165) is 44.9 Å². The molecule has 0 aromatic rings. The largest absolute Gasteiger partial charge is 0.466 e. The molecule has 0 aliphatic carbocycles. The lowest BCUT2D eigenvalue weighted by Crippen LogP contribution is -2.05. The van der Waals surface area contributed by atoms with Gasteiger partial charge in [-0.15, -0.1) is 0 Å². The van der Waals surface area contributed by atoms with Crippen LogP contribution >= 0.6 is 0 Å². The Bertz CT molecular complexity index is 762. The zero-order chi connectivity index (χ0) is 41.2. The third kappa shape index (κ3) is 51.2. The van der Waals surface area contributed by atoms with Gasteiger partial charge in [-0.1, -0.05) is 283 Å². The third-order valence-corrected chi connectivity index (χ3v) is 12.5. The van der Waals surface area contributed by atoms with Crippen LogP contribution in [0.25, 0.3) is 0 Å². The predicted octanol–water partition coefficient (Wildman–Crippen LogP) is 18.8. The molecule has 0 rings (SSSR count). The number of allylic oxidation sites excluding steroid dienone is 1. The Morgan fingerprint density at radius 2 is 0.684 bits per heavy atom. The maximum Gasteiger partial charge on any atom is 0.305 e. The molecule has 0 aromatic carbocycles. The second-order valence-electron chi connectivity index (χ2n) is 18.4. The summed E-state index contributed by atoms with van der Waals surface area (Å²) in [6, 6.07) is 0. The zero-order valence-corrected chi connectivity index (χ0v) is 39.4. The molecule has 0 heterocycles. The van der Waals surface area contributed by atoms with Crippen LogP contribution in [-0.4, -0.2) is 23.8 Å². The summed E-state index contributed by atoms with van der Waals surface area (Å²) in [5.74, 6) is 0.00797. The van der Waals surface area contributed by atoms with Crippen molar-refractivity contribution < 1.29 is 14.6 Å². The minimum atomic E-state index is -0.158. The normalized spacial score (nSPS) is 12.3. The molecule has 0 unspecified atom stereocenters. The molecule has 0 aliphatic rings. The second kappa shape index (κ2) is 51.3. The van der Waals surface area contributed by atoms with Gasteiger partial charge in [-0.2, -0.15) is 0 Å². The van der Waals surface area contributed by atoms with E-state index in [4.69, 9.17) is 4.74 Å². The minimum absolute atomic E-state index is 0.00797. The quantitative estimate of drug-likeness (QED) is 0.0379. The molecule has 1 N–H and O–H groups in total. The summed E-state index contributed by atoms with van der Waals surface area (Å²) in [7, 11) is 0. The van der Waals surface area contributed by atoms with Gasteiger partial charge in [-0.3, -0.25) is 4.79 Å². The third-order valence-electron chi connectivity index (χ3n) is 12.5. The molecule has 0 radical (unpaired) electrons. The first-order chi connectivity index (χ1) is 28.2. The summed E-state index contributed by atoms with van der Waals surface area (Å²) in [6.07, 6.45) is 66.8. The number of carbonyl (C=O) groups is 1. The summed E-state index contributed by atoms with van der Waals surface area (Å²) >= 11 is 0. The van der Waals surface area contributed by atoms with E-state index >= 15 is 0 Å². The fraction of sp³-hybridized carbons (Fsp3) is 0.944. The lowest BCUT2D eigenvalue weighted by atomic mass is 10.0. The number of hydrogen-bond acceptors (Lipinski definition) is 3. The molecule has 0 fully saturated rings. The molecule has 340 valence electrons. The fourth-order valence-corrected chi connectivity index (χ4v) is 8.45. The van der Waals surface area contributed by atoms with Crippen molar-refractivity contribution >= 4 is 5.97 Å². The topological polar surface area (TPSA) is 46.5 Å². The molecule has 0 saturated carbocycles. The number of carbonyl (C=O) groups excluding carboxylic acids is 1. The van der Waals surface area contributed by atoms with Gasteiger partial charge in [-0.05, 0) is 38.5 Å². The molecule has 0 spiro atoms. The lowest BCUT2D eigenvalue weighted by Gasteiger charge is -2.07. The molecule has 57 heavy (non-hydrogen) atoms. The van der Waals surface area contributed by atoms with Gasteiger partial charge in [0.2, 0.25) is 0 Å². The van der Waals surface area contributed by atoms with Crippen molar-refractivity contribution in [1.82, 2.24) is 0 Å². The first-order valence-corrected chi connectivity index (χ1v) is 26.7. The van der Waals surface area contributed by atoms with Gasteiger partial charge in [0.15, 0.2) is 0 Å². The second-order valence-corrected chi connectivity index (χ2v) is 18.4. The van der Waals surface area contributed by atoms with Crippen LogP contribution in [0.4, 0.5) is 0 Å². The smallest absolute Gasteiger partial charge is 0.305 e. The van der Waals surface area contributed by atoms with Crippen LogP contribution in [0.15, 0.2) is 12.2 Å². The monoisotopic (exact) mass is 803 g/mol. The van der Waals surface area contributed by atoms with E-state index in [1.807, 2.05) is 0 Å². The summed E-state index contributed by atoms with van der Waals surface area (Å²) < 4.78 is 5.47. The first kappa shape index (κ1) is 56.2. The van der Waals surface area contributed by atoms with Gasteiger partial charge in [-0.25, -0.2) is 0 Å². The highest BCUT2D eigenvalue weighted by Crippen LogP contribution is 2.18. The van der Waals surface area contributed by atoms with Crippen molar-refractivity contribution in [2.75, 3.05) is 6.61 Å². The highest BCUT2D eigenvalue weighted by atomic mass is 16.5. The Hall–Kier alpha value is -0.830. The fourth-order valence-electron chi connectivity index (χ4n) is 8.45. The number of hydrogen-bond donors (Lipinski definition) is 1. The number of ether oxygens (including phenoxy) is 1. The van der Waals surface area contributed by atoms with Gasteiger partial charge in [0.1, 0.15) is 0 Å². The van der Waals surface area contributed by atoms with Crippen LogP contribution in [0.2, 0.25) is 0 Å². The van der Waals surface area contributed by atoms with Gasteiger partial charge in [0.05, 0.1) is 12.7 Å². The minimum Gasteiger partial charge on any atom is -0.466 e. The summed E-state index contributed by atoms with van der Waals surface area (Å²) in [5, 5.41) is 10.0. The van der Waals surface area contributed by atoms with Crippen LogP contribution in [-0.2, 0) is 9.53 Å². The standard InChI is InChI=1S/C54H106O3/c1-3-5-7-9-10-11-12-13-14-15-16-17-18-19-20-21-22-23-24-25-26-27-28-29-30-31-32-33-34-37-40-43-47-51-54(56)57-52-48-44-41-38-35-36-39-42-46-50-53(55)49-45-8-6-4-2/h42,46,53,55H,3-41,43-45,47-52H2,1-2H3/b46-42-/t53-/m1/s1. The van der Waals surface area contributed by atoms with E-state index in [1.54, 1.807) is 0 Å². The molecule has 3 heteroatoms. The molecular formula is C54H106O3. The highest BCUT2D eigenvalue weighted by Gasteiger charge is 2.04. The SMILES string of the molecule is CCCCCCCCCCCCCCCCCCCCCCCCCCCCCCCCCCCC(=O)OCCCCCCCC/C=C\C[C@H](O)CCCCCC. The highest BCUT2D eigenvalue weighted by molar-refractivity contribution is 5.69. The Morgan fingerprint density at radius 3 is 1.05 bits per heavy atom. The van der Waals surface area contributed by atoms with E-state index in [9.17, 15) is 9.90 Å². The molecule has 0 saturated heterocycles. The number of aliphatic hydroxyl groups is 1. The van der Waals surface area contributed by atoms with Crippen molar-refractivity contribution in [2.24, 2.45) is 0 Å². The predicted molar refractivity (Wildman–Crippen MR) is 254 cm³/mol. The van der Waals surface area contributed by atoms with Crippen molar-refractivity contribution in [3.8, 4) is 0 Å². The van der Waals surface area contributed by atoms with Gasteiger partial charge in [0.25, 0.3) is 0 Å². The average molecular weight is 803 g/mol. The van der Waals surface area contributed by atoms with E-state index in [-0.39, 0.29) is 12.1 Å². The van der Waals surface area contributed by atoms with Crippen LogP contribution in [0.3, 0.4) is 0 Å². The molecule has 0 aliphatic heterocycles. The Morgan fingerprint density at radius 1 is 0.386 bits per heavy atom. The zero-order valence-electron chi connectivity index (χ0n) is 39.4. The molecule has 1 atom stereocenters. The molecule has 0 amide bonds. The van der Waals surface area contributed by atoms with E-state index < -0.39 is 0 Å². The van der Waals surface area contributed by atoms with Crippen molar-refractivity contribution in [1.29, 1.82) is 0 Å². The van der Waals surface area contributed by atoms with Crippen molar-refractivity contribution in [3.05, 3.63) is 12.2 Å². The van der Waals surface area contributed by atoms with Gasteiger partial charge in [0, 0.05) is 6.42 Å². The Labute approximate surface area is 359 Å². The van der Waals surface area contributed by atoms with Crippen molar-refractivity contribution in [2.45, 2.75) is 322 Å². The lowest BCUT2D eigenvalue weighted by molar-refractivity contribution is -0.143. The van der Waals surface area contributed by atoms with E-state index in [1.165, 1.54) is 250 Å². The van der Waals surface area contributed by atoms with Crippen LogP contribution in [0, 0.1) is 0 Å². The molecule has 0 aromatic heterocycles. The Kier molecular flexibility index (Phi) is 50.6. The van der Waals surface area contributed by atoms with Crippen LogP contribution in [0.5, 0.6) is 0 Å². The number of unbranched alkanes of at least 4 members (excludes halogenated alkanes) is 41. The molecular weight excluding hydrogens is 697 g/mol. The maximum absolute atomic E-state index is 12.0. The number of rotatable bonds is 50. The number of aliphatic hydroxyl groups excluding tert-OH is 1. The Balaban J connectivity index is 3.18. The van der Waals surface area contributed by atoms with Gasteiger partial charge < -0.3 is 9.84 Å². The van der Waals surface area contributed by atoms with Crippen LogP contribution in [0.1, 0.15) is 316 Å². The van der Waals surface area contributed by atoms with Gasteiger partial charge >= 0.3 is 5.97 Å². The molecule has 0 bridgehead atoms. The summed E-state index contributed by atoms with van der Waals surface area (Å²) in [6.45, 7) is 5.13. The van der Waals surface area contributed by atoms with Crippen LogP contribution < -0.4 is 0 Å². The molecule has 3 nitrogen and oxygen atoms in total. The average Bonchev–Trinajstić information content (AvgIpc) is 3.21. The summed E-state index contributed by atoms with van der Waals surface area (Å²) in [4.78, 5) is 12.0. The van der Waals surface area contributed by atoms with E-state index in [0.29, 0.717) is 13.0 Å².